The van der Waals surface area contributed by atoms with E-state index >= 15 is 0 Å². The quantitative estimate of drug-likeness (QED) is 0.587. The molecule has 0 spiro atoms. The Morgan fingerprint density at radius 2 is 1.93 bits per heavy atom. The van der Waals surface area contributed by atoms with Gasteiger partial charge in [-0.3, -0.25) is 4.79 Å². The van der Waals surface area contributed by atoms with Crippen molar-refractivity contribution in [2.75, 3.05) is 7.11 Å². The van der Waals surface area contributed by atoms with Crippen LogP contribution in [-0.4, -0.2) is 37.4 Å². The number of aromatic nitrogens is 5. The van der Waals surface area contributed by atoms with E-state index in [1.165, 1.54) is 0 Å². The number of fused-ring (bicyclic) bond motifs is 1. The number of hydrogen-bond donors (Lipinski definition) is 1. The Balaban J connectivity index is 1.58. The number of benzene rings is 1. The predicted octanol–water partition coefficient (Wildman–Crippen LogP) is 2.07. The van der Waals surface area contributed by atoms with E-state index in [9.17, 15) is 4.79 Å². The van der Waals surface area contributed by atoms with Gasteiger partial charge in [0.1, 0.15) is 11.4 Å². The molecule has 4 aromatic rings. The summed E-state index contributed by atoms with van der Waals surface area (Å²) in [6, 6.07) is 15.0. The molecule has 4 rings (SSSR count). The maximum atomic E-state index is 12.3. The van der Waals surface area contributed by atoms with Crippen molar-refractivity contribution in [1.82, 2.24) is 29.7 Å². The highest BCUT2D eigenvalue weighted by molar-refractivity contribution is 5.92. The first kappa shape index (κ1) is 16.8. The molecule has 0 unspecified atom stereocenters. The minimum absolute atomic E-state index is 0.175. The largest absolute Gasteiger partial charge is 0.497 e. The predicted molar refractivity (Wildman–Crippen MR) is 99.4 cm³/mol. The second-order valence-corrected chi connectivity index (χ2v) is 6.02. The van der Waals surface area contributed by atoms with Crippen LogP contribution in [0.3, 0.4) is 0 Å². The van der Waals surface area contributed by atoms with Gasteiger partial charge in [0.25, 0.3) is 5.91 Å². The highest BCUT2D eigenvalue weighted by atomic mass is 16.5. The molecule has 0 atom stereocenters. The molecule has 1 N–H and O–H groups in total. The zero-order chi connectivity index (χ0) is 18.8. The molecular formula is C19H18N6O2. The molecule has 3 aromatic heterocycles. The first-order valence-electron chi connectivity index (χ1n) is 8.41. The number of rotatable bonds is 5. The van der Waals surface area contributed by atoms with Crippen molar-refractivity contribution >= 4 is 11.6 Å². The topological polar surface area (TPSA) is 86.3 Å². The van der Waals surface area contributed by atoms with Crippen LogP contribution in [0.4, 0.5) is 0 Å². The van der Waals surface area contributed by atoms with Gasteiger partial charge in [-0.1, -0.05) is 0 Å². The number of nitrogens with zero attached hydrogens (tertiary/aromatic N) is 5. The van der Waals surface area contributed by atoms with E-state index in [1.807, 2.05) is 55.7 Å². The van der Waals surface area contributed by atoms with Crippen molar-refractivity contribution in [1.29, 1.82) is 0 Å². The molecule has 0 saturated carbocycles. The molecule has 1 amide bonds. The van der Waals surface area contributed by atoms with Gasteiger partial charge in [0.2, 0.25) is 0 Å². The number of carbonyl (C=O) groups excluding carboxylic acids is 1. The zero-order valence-electron chi connectivity index (χ0n) is 15.0. The van der Waals surface area contributed by atoms with Gasteiger partial charge < -0.3 is 14.6 Å². The molecular weight excluding hydrogens is 344 g/mol. The fraction of sp³-hybridized carbons (Fsp3) is 0.158. The Morgan fingerprint density at radius 3 is 2.63 bits per heavy atom. The van der Waals surface area contributed by atoms with Crippen LogP contribution in [0, 0.1) is 0 Å². The summed E-state index contributed by atoms with van der Waals surface area (Å²) in [5.41, 5.74) is 2.93. The maximum absolute atomic E-state index is 12.3. The smallest absolute Gasteiger partial charge is 0.268 e. The molecule has 27 heavy (non-hydrogen) atoms. The van der Waals surface area contributed by atoms with E-state index in [-0.39, 0.29) is 12.5 Å². The standard InChI is InChI=1S/C19H18N6O2/c1-24-11-3-4-16(24)19(26)20-12-18-22-21-17-10-9-15(23-25(17)18)13-5-7-14(27-2)8-6-13/h3-11H,12H2,1-2H3,(H,20,26). The highest BCUT2D eigenvalue weighted by Gasteiger charge is 2.12. The number of nitrogens with one attached hydrogen (secondary N) is 1. The first-order valence-corrected chi connectivity index (χ1v) is 8.41. The van der Waals surface area contributed by atoms with E-state index < -0.39 is 0 Å². The van der Waals surface area contributed by atoms with Crippen LogP contribution < -0.4 is 10.1 Å². The molecule has 8 nitrogen and oxygen atoms in total. The fourth-order valence-electron chi connectivity index (χ4n) is 2.81. The number of carbonyl (C=O) groups is 1. The molecule has 3 heterocycles. The third kappa shape index (κ3) is 3.24. The van der Waals surface area contributed by atoms with Crippen LogP contribution in [0.15, 0.2) is 54.7 Å². The summed E-state index contributed by atoms with van der Waals surface area (Å²) >= 11 is 0. The minimum Gasteiger partial charge on any atom is -0.497 e. The summed E-state index contributed by atoms with van der Waals surface area (Å²) in [7, 11) is 3.45. The maximum Gasteiger partial charge on any atom is 0.268 e. The lowest BCUT2D eigenvalue weighted by Gasteiger charge is -2.06. The molecule has 1 aromatic carbocycles. The lowest BCUT2D eigenvalue weighted by Crippen LogP contribution is -2.26. The van der Waals surface area contributed by atoms with Gasteiger partial charge in [0.15, 0.2) is 11.5 Å². The third-order valence-corrected chi connectivity index (χ3v) is 4.30. The Labute approximate surface area is 155 Å². The molecule has 8 heteroatoms. The number of hydrogen-bond acceptors (Lipinski definition) is 5. The van der Waals surface area contributed by atoms with Crippen molar-refractivity contribution in [3.05, 3.63) is 66.2 Å². The van der Waals surface area contributed by atoms with Gasteiger partial charge in [0.05, 0.1) is 19.3 Å². The SMILES string of the molecule is COc1ccc(-c2ccc3nnc(CNC(=O)c4cccn4C)n3n2)cc1. The van der Waals surface area contributed by atoms with Crippen molar-refractivity contribution in [2.45, 2.75) is 6.54 Å². The van der Waals surface area contributed by atoms with Gasteiger partial charge in [-0.05, 0) is 48.5 Å². The van der Waals surface area contributed by atoms with Gasteiger partial charge in [-0.15, -0.1) is 10.2 Å². The van der Waals surface area contributed by atoms with Gasteiger partial charge >= 0.3 is 0 Å². The van der Waals surface area contributed by atoms with E-state index in [0.29, 0.717) is 17.2 Å². The molecule has 0 aliphatic rings. The van der Waals surface area contributed by atoms with E-state index in [4.69, 9.17) is 4.74 Å². The second kappa shape index (κ2) is 6.91. The number of aryl methyl sites for hydroxylation is 1. The van der Waals surface area contributed by atoms with Gasteiger partial charge in [0, 0.05) is 18.8 Å². The number of methoxy groups -OCH3 is 1. The lowest BCUT2D eigenvalue weighted by molar-refractivity contribution is 0.0941. The molecule has 0 aliphatic carbocycles. The monoisotopic (exact) mass is 362 g/mol. The summed E-state index contributed by atoms with van der Waals surface area (Å²) in [4.78, 5) is 12.3. The molecule has 0 saturated heterocycles. The van der Waals surface area contributed by atoms with Crippen LogP contribution in [0.25, 0.3) is 16.9 Å². The van der Waals surface area contributed by atoms with Gasteiger partial charge in [-0.25, -0.2) is 0 Å². The Hall–Kier alpha value is -3.68. The molecule has 0 aliphatic heterocycles. The van der Waals surface area contributed by atoms with Crippen molar-refractivity contribution in [3.8, 4) is 17.0 Å². The fourth-order valence-corrected chi connectivity index (χ4v) is 2.81. The van der Waals surface area contributed by atoms with Crippen LogP contribution >= 0.6 is 0 Å². The average Bonchev–Trinajstić information content (AvgIpc) is 3.31. The van der Waals surface area contributed by atoms with Crippen LogP contribution in [0.5, 0.6) is 5.75 Å². The summed E-state index contributed by atoms with van der Waals surface area (Å²) in [6.45, 7) is 0.226. The van der Waals surface area contributed by atoms with E-state index in [0.717, 1.165) is 17.0 Å². The number of amides is 1. The van der Waals surface area contributed by atoms with Crippen molar-refractivity contribution < 1.29 is 9.53 Å². The lowest BCUT2D eigenvalue weighted by atomic mass is 10.1. The Morgan fingerprint density at radius 1 is 1.11 bits per heavy atom. The molecule has 0 fully saturated rings. The average molecular weight is 362 g/mol. The highest BCUT2D eigenvalue weighted by Crippen LogP contribution is 2.20. The summed E-state index contributed by atoms with van der Waals surface area (Å²) < 4.78 is 8.59. The van der Waals surface area contributed by atoms with Crippen LogP contribution in [0.2, 0.25) is 0 Å². The van der Waals surface area contributed by atoms with Crippen molar-refractivity contribution in [3.63, 3.8) is 0 Å². The first-order chi connectivity index (χ1) is 13.2. The number of ether oxygens (including phenoxy) is 1. The van der Waals surface area contributed by atoms with Gasteiger partial charge in [-0.2, -0.15) is 9.61 Å². The van der Waals surface area contributed by atoms with E-state index in [2.05, 4.69) is 20.6 Å². The summed E-state index contributed by atoms with van der Waals surface area (Å²) in [5, 5.41) is 15.7. The van der Waals surface area contributed by atoms with Crippen LogP contribution in [0.1, 0.15) is 16.3 Å². The second-order valence-electron chi connectivity index (χ2n) is 6.02. The van der Waals surface area contributed by atoms with Crippen LogP contribution in [-0.2, 0) is 13.6 Å². The Kier molecular flexibility index (Phi) is 4.29. The summed E-state index contributed by atoms with van der Waals surface area (Å²) in [5.74, 6) is 1.17. The summed E-state index contributed by atoms with van der Waals surface area (Å²) in [6.07, 6.45) is 1.82. The van der Waals surface area contributed by atoms with Crippen molar-refractivity contribution in [2.24, 2.45) is 7.05 Å². The normalized spacial score (nSPS) is 10.9. The molecule has 136 valence electrons. The molecule has 0 radical (unpaired) electrons. The zero-order valence-corrected chi connectivity index (χ0v) is 15.0. The van der Waals surface area contributed by atoms with E-state index in [1.54, 1.807) is 22.3 Å². The third-order valence-electron chi connectivity index (χ3n) is 4.30. The minimum atomic E-state index is -0.175. The Bertz CT molecular complexity index is 1100. The molecule has 0 bridgehead atoms.